The summed E-state index contributed by atoms with van der Waals surface area (Å²) < 4.78 is 0. The molecule has 0 unspecified atom stereocenters. The van der Waals surface area contributed by atoms with Crippen LogP contribution in [0.3, 0.4) is 0 Å². The first kappa shape index (κ1) is 10.6. The highest BCUT2D eigenvalue weighted by atomic mass is 16.1. The van der Waals surface area contributed by atoms with Crippen LogP contribution in [0.25, 0.3) is 0 Å². The molecule has 0 spiro atoms. The van der Waals surface area contributed by atoms with Crippen molar-refractivity contribution >= 4 is 5.78 Å². The van der Waals surface area contributed by atoms with Gasteiger partial charge in [-0.1, -0.05) is 20.8 Å². The summed E-state index contributed by atoms with van der Waals surface area (Å²) in [5.41, 5.74) is 14.2. The molecule has 0 rings (SSSR count). The molecule has 0 fully saturated rings. The Morgan fingerprint density at radius 2 is 1.64 bits per heavy atom. The van der Waals surface area contributed by atoms with Crippen LogP contribution >= 0.6 is 0 Å². The average molecular weight is 159 g/mol. The molecule has 0 radical (unpaired) electrons. The molecular formula is C7H17N3O. The summed E-state index contributed by atoms with van der Waals surface area (Å²) in [4.78, 5) is 11.4. The molecule has 0 heterocycles. The van der Waals surface area contributed by atoms with Crippen LogP contribution in [0.4, 0.5) is 0 Å². The summed E-state index contributed by atoms with van der Waals surface area (Å²) in [6.07, 6.45) is 0. The van der Waals surface area contributed by atoms with Crippen molar-refractivity contribution in [2.45, 2.75) is 26.4 Å². The number of ketones is 1. The largest absolute Gasteiger partial charge is 0.327 e. The van der Waals surface area contributed by atoms with Gasteiger partial charge in [-0.15, -0.1) is 0 Å². The van der Waals surface area contributed by atoms with Crippen LogP contribution in [0, 0.1) is 5.41 Å². The van der Waals surface area contributed by atoms with E-state index in [9.17, 15) is 4.79 Å². The third-order valence-corrected chi connectivity index (χ3v) is 1.44. The quantitative estimate of drug-likeness (QED) is 0.458. The molecule has 66 valence electrons. The molecule has 0 atom stereocenters. The standard InChI is InChI=1S/C7H17N3O/c1-6(2,3)5(11)7(9,10)4-8/h4,8-10H2,1-3H3. The zero-order valence-electron chi connectivity index (χ0n) is 7.35. The molecule has 0 aromatic carbocycles. The van der Waals surface area contributed by atoms with Crippen molar-refractivity contribution in [2.24, 2.45) is 22.6 Å². The Kier molecular flexibility index (Phi) is 2.77. The number of hydrogen-bond acceptors (Lipinski definition) is 4. The smallest absolute Gasteiger partial charge is 0.173 e. The molecule has 0 aliphatic heterocycles. The number of carbonyl (C=O) groups is 1. The molecule has 0 saturated heterocycles. The summed E-state index contributed by atoms with van der Waals surface area (Å²) in [7, 11) is 0. The Bertz CT molecular complexity index is 158. The van der Waals surface area contributed by atoms with Gasteiger partial charge in [-0.05, 0) is 0 Å². The molecular weight excluding hydrogens is 142 g/mol. The summed E-state index contributed by atoms with van der Waals surface area (Å²) >= 11 is 0. The second kappa shape index (κ2) is 2.89. The van der Waals surface area contributed by atoms with Crippen molar-refractivity contribution in [3.05, 3.63) is 0 Å². The van der Waals surface area contributed by atoms with Crippen LogP contribution in [0.2, 0.25) is 0 Å². The molecule has 4 nitrogen and oxygen atoms in total. The first-order chi connectivity index (χ1) is 4.72. The molecule has 0 bridgehead atoms. The van der Waals surface area contributed by atoms with Crippen LogP contribution in [0.1, 0.15) is 20.8 Å². The predicted octanol–water partition coefficient (Wildman–Crippen LogP) is -0.826. The summed E-state index contributed by atoms with van der Waals surface area (Å²) in [5.74, 6) is -0.215. The number of rotatable bonds is 2. The van der Waals surface area contributed by atoms with Crippen molar-refractivity contribution in [3.8, 4) is 0 Å². The molecule has 0 saturated carbocycles. The highest BCUT2D eigenvalue weighted by molar-refractivity contribution is 5.92. The van der Waals surface area contributed by atoms with Gasteiger partial charge >= 0.3 is 0 Å². The Balaban J connectivity index is 4.50. The van der Waals surface area contributed by atoms with Crippen LogP contribution in [0.15, 0.2) is 0 Å². The highest BCUT2D eigenvalue weighted by Gasteiger charge is 2.35. The maximum atomic E-state index is 11.4. The SMILES string of the molecule is CC(C)(C)C(=O)C(N)(N)CN. The summed E-state index contributed by atoms with van der Waals surface area (Å²) in [6.45, 7) is 5.27. The van der Waals surface area contributed by atoms with Gasteiger partial charge in [-0.2, -0.15) is 0 Å². The van der Waals surface area contributed by atoms with Crippen LogP contribution < -0.4 is 17.2 Å². The van der Waals surface area contributed by atoms with Gasteiger partial charge in [0.2, 0.25) is 0 Å². The fourth-order valence-corrected chi connectivity index (χ4v) is 0.791. The molecule has 0 aliphatic rings. The predicted molar refractivity (Wildman–Crippen MR) is 44.6 cm³/mol. The molecule has 11 heavy (non-hydrogen) atoms. The van der Waals surface area contributed by atoms with E-state index in [0.29, 0.717) is 0 Å². The second-order valence-corrected chi connectivity index (χ2v) is 3.82. The Hall–Kier alpha value is -0.450. The second-order valence-electron chi connectivity index (χ2n) is 3.82. The summed E-state index contributed by atoms with van der Waals surface area (Å²) in [5, 5.41) is 0. The van der Waals surface area contributed by atoms with Crippen molar-refractivity contribution in [1.82, 2.24) is 0 Å². The Labute approximate surface area is 67.1 Å². The number of nitrogens with two attached hydrogens (primary N) is 3. The van der Waals surface area contributed by atoms with E-state index in [1.54, 1.807) is 20.8 Å². The van der Waals surface area contributed by atoms with Crippen molar-refractivity contribution in [2.75, 3.05) is 6.54 Å². The number of hydrogen-bond donors (Lipinski definition) is 3. The molecule has 0 aromatic heterocycles. The van der Waals surface area contributed by atoms with E-state index in [0.717, 1.165) is 0 Å². The third kappa shape index (κ3) is 2.57. The topological polar surface area (TPSA) is 95.1 Å². The lowest BCUT2D eigenvalue weighted by atomic mass is 9.84. The van der Waals surface area contributed by atoms with Crippen molar-refractivity contribution in [3.63, 3.8) is 0 Å². The Morgan fingerprint density at radius 1 is 1.27 bits per heavy atom. The zero-order chi connectivity index (χ0) is 9.28. The van der Waals surface area contributed by atoms with E-state index in [1.165, 1.54) is 0 Å². The van der Waals surface area contributed by atoms with Crippen LogP contribution in [-0.2, 0) is 4.79 Å². The number of Topliss-reactive ketones (excluding diaryl/α,β-unsaturated/α-hetero) is 1. The van der Waals surface area contributed by atoms with Crippen LogP contribution in [-0.4, -0.2) is 18.0 Å². The first-order valence-corrected chi connectivity index (χ1v) is 3.54. The minimum absolute atomic E-state index is 0.0247. The molecule has 6 N–H and O–H groups in total. The first-order valence-electron chi connectivity index (χ1n) is 3.54. The van der Waals surface area contributed by atoms with E-state index < -0.39 is 11.1 Å². The monoisotopic (exact) mass is 159 g/mol. The van der Waals surface area contributed by atoms with Crippen molar-refractivity contribution < 1.29 is 4.79 Å². The van der Waals surface area contributed by atoms with Crippen LogP contribution in [0.5, 0.6) is 0 Å². The molecule has 4 heteroatoms. The van der Waals surface area contributed by atoms with Gasteiger partial charge in [0, 0.05) is 12.0 Å². The van der Waals surface area contributed by atoms with E-state index >= 15 is 0 Å². The maximum absolute atomic E-state index is 11.4. The van der Waals surface area contributed by atoms with Gasteiger partial charge < -0.3 is 17.2 Å². The van der Waals surface area contributed by atoms with Crippen molar-refractivity contribution in [1.29, 1.82) is 0 Å². The van der Waals surface area contributed by atoms with E-state index in [-0.39, 0.29) is 12.3 Å². The van der Waals surface area contributed by atoms with E-state index in [4.69, 9.17) is 17.2 Å². The van der Waals surface area contributed by atoms with Gasteiger partial charge in [0.25, 0.3) is 0 Å². The normalized spacial score (nSPS) is 13.3. The molecule has 0 amide bonds. The average Bonchev–Trinajstić information content (AvgIpc) is 1.84. The van der Waals surface area contributed by atoms with Gasteiger partial charge in [-0.25, -0.2) is 0 Å². The lowest BCUT2D eigenvalue weighted by Crippen LogP contribution is -2.64. The van der Waals surface area contributed by atoms with Gasteiger partial charge in [-0.3, -0.25) is 4.79 Å². The molecule has 0 aromatic rings. The van der Waals surface area contributed by atoms with E-state index in [1.807, 2.05) is 0 Å². The van der Waals surface area contributed by atoms with Gasteiger partial charge in [0.15, 0.2) is 5.78 Å². The van der Waals surface area contributed by atoms with E-state index in [2.05, 4.69) is 0 Å². The summed E-state index contributed by atoms with van der Waals surface area (Å²) in [6, 6.07) is 0. The zero-order valence-corrected chi connectivity index (χ0v) is 7.35. The third-order valence-electron chi connectivity index (χ3n) is 1.44. The maximum Gasteiger partial charge on any atom is 0.173 e. The minimum Gasteiger partial charge on any atom is -0.327 e. The van der Waals surface area contributed by atoms with Gasteiger partial charge in [0.1, 0.15) is 5.66 Å². The molecule has 0 aliphatic carbocycles. The highest BCUT2D eigenvalue weighted by Crippen LogP contribution is 2.18. The minimum atomic E-state index is -1.38. The fourth-order valence-electron chi connectivity index (χ4n) is 0.791. The lowest BCUT2D eigenvalue weighted by Gasteiger charge is -2.28. The fraction of sp³-hybridized carbons (Fsp3) is 0.857. The lowest BCUT2D eigenvalue weighted by molar-refractivity contribution is -0.131. The Morgan fingerprint density at radius 3 is 1.73 bits per heavy atom. The van der Waals surface area contributed by atoms with Gasteiger partial charge in [0.05, 0.1) is 0 Å². The number of carbonyl (C=O) groups excluding carboxylic acids is 1.